The molecule has 0 unspecified atom stereocenters. The Balaban J connectivity index is 2.92. The molecule has 1 aliphatic heterocycles. The zero-order valence-corrected chi connectivity index (χ0v) is 7.51. The number of hydrogen-bond acceptors (Lipinski definition) is 3. The number of ether oxygens (including phenoxy) is 2. The van der Waals surface area contributed by atoms with E-state index in [1.54, 1.807) is 19.9 Å². The lowest BCUT2D eigenvalue weighted by molar-refractivity contribution is 0.0872. The van der Waals surface area contributed by atoms with Crippen molar-refractivity contribution in [2.45, 2.75) is 26.4 Å². The van der Waals surface area contributed by atoms with Gasteiger partial charge in [0.15, 0.2) is 11.4 Å². The van der Waals surface area contributed by atoms with E-state index >= 15 is 0 Å². The first-order chi connectivity index (χ1) is 5.42. The Morgan fingerprint density at radius 1 is 1.58 bits per heavy atom. The Morgan fingerprint density at radius 2 is 2.17 bits per heavy atom. The second-order valence-corrected chi connectivity index (χ2v) is 3.32. The van der Waals surface area contributed by atoms with E-state index in [-0.39, 0.29) is 0 Å². The van der Waals surface area contributed by atoms with Gasteiger partial charge in [0.1, 0.15) is 0 Å². The molecule has 66 valence electrons. The zero-order chi connectivity index (χ0) is 9.35. The van der Waals surface area contributed by atoms with Gasteiger partial charge in [0.05, 0.1) is 0 Å². The summed E-state index contributed by atoms with van der Waals surface area (Å²) in [6.07, 6.45) is 1.05. The van der Waals surface area contributed by atoms with E-state index in [1.165, 1.54) is 0 Å². The first-order valence-electron chi connectivity index (χ1n) is 3.70. The van der Waals surface area contributed by atoms with Crippen LogP contribution in [0.1, 0.15) is 20.8 Å². The van der Waals surface area contributed by atoms with Gasteiger partial charge in [0, 0.05) is 0 Å². The maximum absolute atomic E-state index is 10.7. The highest BCUT2D eigenvalue weighted by atomic mass is 16.8. The lowest BCUT2D eigenvalue weighted by Crippen LogP contribution is -2.20. The van der Waals surface area contributed by atoms with Gasteiger partial charge < -0.3 is 9.47 Å². The van der Waals surface area contributed by atoms with Gasteiger partial charge >= 0.3 is 6.16 Å². The van der Waals surface area contributed by atoms with E-state index in [0.29, 0.717) is 5.76 Å². The molecule has 1 aliphatic rings. The molecular formula is C9H12O3. The zero-order valence-electron chi connectivity index (χ0n) is 7.51. The second-order valence-electron chi connectivity index (χ2n) is 3.32. The van der Waals surface area contributed by atoms with Crippen molar-refractivity contribution in [3.05, 3.63) is 24.0 Å². The van der Waals surface area contributed by atoms with E-state index in [1.807, 2.05) is 6.92 Å². The van der Waals surface area contributed by atoms with Crippen LogP contribution in [-0.4, -0.2) is 11.8 Å². The summed E-state index contributed by atoms with van der Waals surface area (Å²) in [4.78, 5) is 10.7. The molecule has 0 aromatic rings. The normalized spacial score (nSPS) is 23.6. The van der Waals surface area contributed by atoms with Gasteiger partial charge in [-0.05, 0) is 26.8 Å². The molecule has 0 aromatic heterocycles. The summed E-state index contributed by atoms with van der Waals surface area (Å²) in [5, 5.41) is 0. The fourth-order valence-electron chi connectivity index (χ4n) is 0.919. The molecule has 1 fully saturated rings. The van der Waals surface area contributed by atoms with Gasteiger partial charge in [-0.2, -0.15) is 0 Å². The topological polar surface area (TPSA) is 35.5 Å². The predicted octanol–water partition coefficient (Wildman–Crippen LogP) is 2.39. The van der Waals surface area contributed by atoms with Crippen molar-refractivity contribution in [1.82, 2.24) is 0 Å². The van der Waals surface area contributed by atoms with Crippen molar-refractivity contribution in [3.63, 3.8) is 0 Å². The minimum absolute atomic E-state index is 0.514. The van der Waals surface area contributed by atoms with E-state index in [0.717, 1.165) is 5.57 Å². The molecule has 1 saturated heterocycles. The van der Waals surface area contributed by atoms with Crippen molar-refractivity contribution >= 4 is 6.16 Å². The molecule has 0 aliphatic carbocycles. The average Bonchev–Trinajstić information content (AvgIpc) is 2.04. The molecule has 0 N–H and O–H groups in total. The molecule has 0 atom stereocenters. The van der Waals surface area contributed by atoms with Crippen LogP contribution in [0.4, 0.5) is 4.79 Å². The molecule has 0 spiro atoms. The SMILES string of the molecule is C=C(C)/C=C1/OC(=O)OC1(C)C. The number of carbonyl (C=O) groups is 1. The monoisotopic (exact) mass is 168 g/mol. The van der Waals surface area contributed by atoms with Crippen LogP contribution in [0.3, 0.4) is 0 Å². The van der Waals surface area contributed by atoms with Crippen LogP contribution in [-0.2, 0) is 9.47 Å². The van der Waals surface area contributed by atoms with Gasteiger partial charge in [0.25, 0.3) is 0 Å². The van der Waals surface area contributed by atoms with Crippen LogP contribution in [0.2, 0.25) is 0 Å². The Labute approximate surface area is 71.7 Å². The third-order valence-corrected chi connectivity index (χ3v) is 1.50. The van der Waals surface area contributed by atoms with Gasteiger partial charge in [-0.15, -0.1) is 0 Å². The lowest BCUT2D eigenvalue weighted by atomic mass is 10.1. The van der Waals surface area contributed by atoms with Crippen molar-refractivity contribution in [3.8, 4) is 0 Å². The van der Waals surface area contributed by atoms with Gasteiger partial charge in [-0.3, -0.25) is 0 Å². The number of allylic oxidation sites excluding steroid dienone is 2. The van der Waals surface area contributed by atoms with Crippen LogP contribution < -0.4 is 0 Å². The molecule has 12 heavy (non-hydrogen) atoms. The minimum Gasteiger partial charge on any atom is -0.420 e. The Bertz CT molecular complexity index is 261. The lowest BCUT2D eigenvalue weighted by Gasteiger charge is -2.13. The standard InChI is InChI=1S/C9H12O3/c1-6(2)5-7-9(3,4)12-8(10)11-7/h5H,1H2,2-4H3/b7-5+. The molecule has 0 aromatic carbocycles. The molecule has 3 nitrogen and oxygen atoms in total. The fraction of sp³-hybridized carbons (Fsp3) is 0.444. The van der Waals surface area contributed by atoms with Gasteiger partial charge in [0.2, 0.25) is 0 Å². The van der Waals surface area contributed by atoms with Crippen LogP contribution in [0, 0.1) is 0 Å². The summed E-state index contributed by atoms with van der Waals surface area (Å²) in [6, 6.07) is 0. The van der Waals surface area contributed by atoms with Crippen LogP contribution in [0.25, 0.3) is 0 Å². The molecule has 0 saturated carbocycles. The minimum atomic E-state index is -0.657. The quantitative estimate of drug-likeness (QED) is 0.564. The van der Waals surface area contributed by atoms with Crippen molar-refractivity contribution in [2.24, 2.45) is 0 Å². The summed E-state index contributed by atoms with van der Waals surface area (Å²) >= 11 is 0. The largest absolute Gasteiger partial charge is 0.514 e. The Morgan fingerprint density at radius 3 is 2.50 bits per heavy atom. The maximum Gasteiger partial charge on any atom is 0.514 e. The van der Waals surface area contributed by atoms with E-state index < -0.39 is 11.8 Å². The molecule has 0 bridgehead atoms. The number of carbonyl (C=O) groups excluding carboxylic acids is 1. The van der Waals surface area contributed by atoms with Crippen molar-refractivity contribution < 1.29 is 14.3 Å². The third-order valence-electron chi connectivity index (χ3n) is 1.50. The third kappa shape index (κ3) is 1.67. The number of hydrogen-bond donors (Lipinski definition) is 0. The van der Waals surface area contributed by atoms with Crippen LogP contribution in [0.5, 0.6) is 0 Å². The highest BCUT2D eigenvalue weighted by Crippen LogP contribution is 2.30. The van der Waals surface area contributed by atoms with E-state index in [4.69, 9.17) is 9.47 Å². The summed E-state index contributed by atoms with van der Waals surface area (Å²) in [7, 11) is 0. The average molecular weight is 168 g/mol. The Kier molecular flexibility index (Phi) is 1.96. The molecule has 3 heteroatoms. The highest BCUT2D eigenvalue weighted by molar-refractivity contribution is 5.66. The van der Waals surface area contributed by atoms with Crippen LogP contribution in [0.15, 0.2) is 24.0 Å². The summed E-state index contributed by atoms with van der Waals surface area (Å²) in [5.41, 5.74) is 0.173. The Hall–Kier alpha value is -1.25. The molecular weight excluding hydrogens is 156 g/mol. The van der Waals surface area contributed by atoms with Gasteiger partial charge in [-0.25, -0.2) is 4.79 Å². The predicted molar refractivity (Wildman–Crippen MR) is 44.5 cm³/mol. The summed E-state index contributed by atoms with van der Waals surface area (Å²) < 4.78 is 9.72. The highest BCUT2D eigenvalue weighted by Gasteiger charge is 2.38. The molecule has 0 amide bonds. The summed E-state index contributed by atoms with van der Waals surface area (Å²) in [5.74, 6) is 0.514. The first kappa shape index (κ1) is 8.84. The number of cyclic esters (lactones) is 2. The van der Waals surface area contributed by atoms with Crippen LogP contribution >= 0.6 is 0 Å². The van der Waals surface area contributed by atoms with Gasteiger partial charge in [-0.1, -0.05) is 12.2 Å². The molecule has 0 radical (unpaired) electrons. The second kappa shape index (κ2) is 2.66. The molecule has 1 rings (SSSR count). The maximum atomic E-state index is 10.7. The first-order valence-corrected chi connectivity index (χ1v) is 3.70. The molecule has 1 heterocycles. The van der Waals surface area contributed by atoms with Crippen molar-refractivity contribution in [2.75, 3.05) is 0 Å². The number of rotatable bonds is 1. The van der Waals surface area contributed by atoms with Crippen molar-refractivity contribution in [1.29, 1.82) is 0 Å². The van der Waals surface area contributed by atoms with E-state index in [2.05, 4.69) is 6.58 Å². The summed E-state index contributed by atoms with van der Waals surface area (Å²) in [6.45, 7) is 9.06. The smallest absolute Gasteiger partial charge is 0.420 e. The fourth-order valence-corrected chi connectivity index (χ4v) is 0.919. The van der Waals surface area contributed by atoms with E-state index in [9.17, 15) is 4.79 Å².